The van der Waals surface area contributed by atoms with Crippen molar-refractivity contribution in [1.29, 1.82) is 0 Å². The van der Waals surface area contributed by atoms with Gasteiger partial charge in [0, 0.05) is 78.5 Å². The van der Waals surface area contributed by atoms with E-state index in [0.29, 0.717) is 64.0 Å². The van der Waals surface area contributed by atoms with E-state index in [-0.39, 0.29) is 49.6 Å². The van der Waals surface area contributed by atoms with E-state index in [1.165, 1.54) is 14.0 Å². The van der Waals surface area contributed by atoms with Crippen molar-refractivity contribution in [3.63, 3.8) is 0 Å². The third-order valence-corrected chi connectivity index (χ3v) is 16.2. The van der Waals surface area contributed by atoms with Crippen molar-refractivity contribution in [2.75, 3.05) is 46.4 Å². The zero-order valence-electron chi connectivity index (χ0n) is 49.0. The molecule has 4 N–H and O–H groups in total. The molecule has 0 saturated heterocycles. The molecule has 7 amide bonds. The maximum absolute atomic E-state index is 14.3. The molecule has 0 bridgehead atoms. The highest BCUT2D eigenvalue weighted by Gasteiger charge is 2.41. The number of hydrogen-bond acceptors (Lipinski definition) is 15. The minimum Gasteiger partial charge on any atom is -0.497 e. The van der Waals surface area contributed by atoms with Crippen LogP contribution in [0.15, 0.2) is 107 Å². The van der Waals surface area contributed by atoms with Gasteiger partial charge in [0.15, 0.2) is 23.0 Å². The monoisotopic (exact) mass is 1150 g/mol. The molecule has 5 aliphatic heterocycles. The average Bonchev–Trinajstić information content (AvgIpc) is 2.26. The van der Waals surface area contributed by atoms with Gasteiger partial charge in [0.25, 0.3) is 23.6 Å². The third kappa shape index (κ3) is 12.5. The van der Waals surface area contributed by atoms with Crippen LogP contribution in [0.1, 0.15) is 100 Å². The van der Waals surface area contributed by atoms with Crippen LogP contribution in [0.4, 0.5) is 17.1 Å². The fourth-order valence-corrected chi connectivity index (χ4v) is 10.1. The number of carbonyl (C=O) groups is 7. The predicted molar refractivity (Wildman–Crippen MR) is 317 cm³/mol. The van der Waals surface area contributed by atoms with Crippen LogP contribution in [0, 0.1) is 16.7 Å². The summed E-state index contributed by atoms with van der Waals surface area (Å²) in [5, 5.41) is 11.0. The van der Waals surface area contributed by atoms with Crippen molar-refractivity contribution >= 4 is 82.0 Å². The molecule has 0 saturated carbocycles. The third-order valence-electron chi connectivity index (χ3n) is 16.2. The summed E-state index contributed by atoms with van der Waals surface area (Å²) in [4.78, 5) is 106. The molecule has 9 rings (SSSR count). The highest BCUT2D eigenvalue weighted by Crippen LogP contribution is 2.45. The van der Waals surface area contributed by atoms with Crippen LogP contribution >= 0.6 is 0 Å². The maximum Gasteiger partial charge on any atom is 0.260 e. The van der Waals surface area contributed by atoms with Gasteiger partial charge >= 0.3 is 0 Å². The Morgan fingerprint density at radius 2 is 1.10 bits per heavy atom. The molecule has 5 aliphatic rings. The van der Waals surface area contributed by atoms with Crippen LogP contribution in [0.3, 0.4) is 0 Å². The molecule has 4 aromatic rings. The lowest BCUT2D eigenvalue weighted by atomic mass is 9.69. The van der Waals surface area contributed by atoms with Gasteiger partial charge in [-0.25, -0.2) is 0 Å². The molecule has 21 nitrogen and oxygen atoms in total. The van der Waals surface area contributed by atoms with Gasteiger partial charge in [-0.2, -0.15) is 0 Å². The fourth-order valence-electron chi connectivity index (χ4n) is 10.1. The topological polar surface area (TPSA) is 248 Å². The molecular weight excluding hydrogens is 1070 g/mol. The second-order valence-corrected chi connectivity index (χ2v) is 23.0. The molecule has 21 heteroatoms. The van der Waals surface area contributed by atoms with Crippen molar-refractivity contribution in [3.05, 3.63) is 120 Å². The highest BCUT2D eigenvalue weighted by molar-refractivity contribution is 6.13. The molecule has 0 aliphatic carbocycles. The molecule has 0 spiro atoms. The van der Waals surface area contributed by atoms with Crippen LogP contribution in [0.25, 0.3) is 11.1 Å². The van der Waals surface area contributed by atoms with Gasteiger partial charge < -0.3 is 49.4 Å². The van der Waals surface area contributed by atoms with E-state index in [1.54, 1.807) is 87.4 Å². The van der Waals surface area contributed by atoms with Gasteiger partial charge in [-0.15, -0.1) is 0 Å². The van der Waals surface area contributed by atoms with E-state index in [2.05, 4.69) is 49.0 Å². The number of hydrogen-bond donors (Lipinski definition) is 4. The Morgan fingerprint density at radius 1 is 0.619 bits per heavy atom. The van der Waals surface area contributed by atoms with Gasteiger partial charge in [-0.3, -0.25) is 53.8 Å². The number of anilines is 1. The van der Waals surface area contributed by atoms with Crippen LogP contribution in [-0.4, -0.2) is 140 Å². The molecule has 0 aromatic heterocycles. The van der Waals surface area contributed by atoms with Crippen molar-refractivity contribution in [2.24, 2.45) is 26.7 Å². The summed E-state index contributed by atoms with van der Waals surface area (Å²) in [7, 11) is 4.69. The highest BCUT2D eigenvalue weighted by atomic mass is 16.5. The number of nitrogens with zero attached hydrogens (tertiary/aromatic N) is 5. The SMILES string of the molecule is COc1ccc(C2=CN3C(=O)c4cc(OC)c(OCC(C)(C)C(C)(C)COc5cc6c(cc5OC)C(=O)N5C=C(c7ccc(NC(=O)[C@H](C)NC(=O)C(NC(=O)CNC(C)N8C(=O)C=CC8=O)C(C)C)cc7)CC5C=N6)cc4N=C[C@@H]3C2)cc1. The summed E-state index contributed by atoms with van der Waals surface area (Å²) in [6.07, 6.45) is 9.91. The van der Waals surface area contributed by atoms with Gasteiger partial charge in [-0.1, -0.05) is 65.8 Å². The normalized spacial score (nSPS) is 18.2. The molecule has 440 valence electrons. The summed E-state index contributed by atoms with van der Waals surface area (Å²) >= 11 is 0. The largest absolute Gasteiger partial charge is 0.497 e. The van der Waals surface area contributed by atoms with Gasteiger partial charge in [0.1, 0.15) is 17.8 Å². The summed E-state index contributed by atoms with van der Waals surface area (Å²) in [5.41, 5.74) is 4.91. The Balaban J connectivity index is 0.782. The van der Waals surface area contributed by atoms with E-state index in [4.69, 9.17) is 33.7 Å². The fraction of sp³-hybridized carbons (Fsp3) is 0.381. The summed E-state index contributed by atoms with van der Waals surface area (Å²) in [6, 6.07) is 19.2. The molecule has 5 atom stereocenters. The van der Waals surface area contributed by atoms with E-state index in [9.17, 15) is 33.6 Å². The van der Waals surface area contributed by atoms with Gasteiger partial charge in [0.05, 0.1) is 81.8 Å². The van der Waals surface area contributed by atoms with Crippen LogP contribution in [-0.2, 0) is 24.0 Å². The van der Waals surface area contributed by atoms with Crippen molar-refractivity contribution in [2.45, 2.75) is 98.6 Å². The first-order valence-electron chi connectivity index (χ1n) is 27.8. The number of benzene rings is 4. The number of nitrogens with one attached hydrogen (secondary N) is 4. The first kappa shape index (κ1) is 59.5. The number of carbonyl (C=O) groups excluding carboxylic acids is 7. The Hall–Kier alpha value is -9.11. The zero-order chi connectivity index (χ0) is 60.4. The second-order valence-electron chi connectivity index (χ2n) is 23.0. The average molecular weight is 1150 g/mol. The zero-order valence-corrected chi connectivity index (χ0v) is 49.0. The Kier molecular flexibility index (Phi) is 17.3. The molecule has 0 radical (unpaired) electrons. The number of imide groups is 1. The molecule has 3 unspecified atom stereocenters. The predicted octanol–water partition coefficient (Wildman–Crippen LogP) is 7.61. The molecular formula is C63H71N9O12. The number of ether oxygens (including phenoxy) is 5. The minimum atomic E-state index is -0.977. The van der Waals surface area contributed by atoms with Crippen molar-refractivity contribution < 1.29 is 57.2 Å². The van der Waals surface area contributed by atoms with Crippen molar-refractivity contribution in [1.82, 2.24) is 30.7 Å². The molecule has 4 aromatic carbocycles. The number of fused-ring (bicyclic) bond motifs is 4. The lowest BCUT2D eigenvalue weighted by molar-refractivity contribution is -0.140. The van der Waals surface area contributed by atoms with Crippen molar-refractivity contribution in [3.8, 4) is 28.7 Å². The first-order valence-corrected chi connectivity index (χ1v) is 27.8. The lowest BCUT2D eigenvalue weighted by Crippen LogP contribution is -2.56. The van der Waals surface area contributed by atoms with E-state index >= 15 is 0 Å². The summed E-state index contributed by atoms with van der Waals surface area (Å²) in [6.45, 7) is 15.2. The maximum atomic E-state index is 14.3. The van der Waals surface area contributed by atoms with E-state index < -0.39 is 58.6 Å². The van der Waals surface area contributed by atoms with Gasteiger partial charge in [0.2, 0.25) is 17.7 Å². The van der Waals surface area contributed by atoms with E-state index in [0.717, 1.165) is 45.1 Å². The second kappa shape index (κ2) is 24.4. The molecule has 5 heterocycles. The summed E-state index contributed by atoms with van der Waals surface area (Å²) in [5.74, 6) is -0.950. The van der Waals surface area contributed by atoms with Gasteiger partial charge in [-0.05, 0) is 78.4 Å². The lowest BCUT2D eigenvalue weighted by Gasteiger charge is -2.41. The number of aliphatic imine (C=N–C) groups is 2. The van der Waals surface area contributed by atoms with Crippen LogP contribution in [0.5, 0.6) is 28.7 Å². The smallest absolute Gasteiger partial charge is 0.260 e. The number of methoxy groups -OCH3 is 3. The van der Waals surface area contributed by atoms with Crippen LogP contribution < -0.4 is 45.0 Å². The summed E-state index contributed by atoms with van der Waals surface area (Å²) < 4.78 is 30.0. The Labute approximate surface area is 488 Å². The Bertz CT molecular complexity index is 3420. The Morgan fingerprint density at radius 3 is 1.55 bits per heavy atom. The first-order chi connectivity index (χ1) is 40.0. The molecule has 84 heavy (non-hydrogen) atoms. The van der Waals surface area contributed by atoms with Crippen LogP contribution in [0.2, 0.25) is 0 Å². The molecule has 0 fully saturated rings. The quantitative estimate of drug-likeness (QED) is 0.0554. The number of rotatable bonds is 22. The van der Waals surface area contributed by atoms with E-state index in [1.807, 2.05) is 55.0 Å². The minimum absolute atomic E-state index is 0.182. The standard InChI is InChI=1S/C63H71N9O12/c1-35(2)57(69-54(73)30-64-37(4)72-55(74)20-21-56(72)75)59(77)67-36(3)58(76)68-42-16-12-38(13-17-42)40-22-43-28-65-48-26-52(50(81-10)24-46(48)60(78)70(43)31-40)83-33-62(5,6)63(7,8)34-84-53-27-49-47(25-51(53)82-11)61(79)71-32-41(23-44(71)29-66-49)39-14-18-45(80-9)19-15-39/h12-21,24-29,31-32,35-37,43-44,57,64H,22-23,30,33-34H2,1-11H3,(H,67,77)(H,68,76)(H,69,73)/t36-,37?,43?,44-,57?/m0/s1. The number of amides is 7.